The van der Waals surface area contributed by atoms with Gasteiger partial charge in [0, 0.05) is 19.1 Å². The molecule has 3 nitrogen and oxygen atoms in total. The molecule has 0 radical (unpaired) electrons. The molecule has 1 atom stereocenters. The first-order valence-electron chi connectivity index (χ1n) is 9.17. The van der Waals surface area contributed by atoms with Crippen molar-refractivity contribution in [2.45, 2.75) is 18.9 Å². The smallest absolute Gasteiger partial charge is 0.118 e. The van der Waals surface area contributed by atoms with Crippen molar-refractivity contribution in [2.75, 3.05) is 33.3 Å². The molecule has 1 aliphatic heterocycles. The summed E-state index contributed by atoms with van der Waals surface area (Å²) in [7, 11) is 1.72. The van der Waals surface area contributed by atoms with Crippen LogP contribution in [0.3, 0.4) is 0 Å². The van der Waals surface area contributed by atoms with E-state index in [-0.39, 0.29) is 0 Å². The second-order valence-electron chi connectivity index (χ2n) is 6.50. The molecule has 0 spiro atoms. The Bertz CT molecular complexity index is 645. The van der Waals surface area contributed by atoms with Crippen LogP contribution in [0, 0.1) is 0 Å². The average molecular weight is 336 g/mol. The predicted octanol–water partition coefficient (Wildman–Crippen LogP) is 4.14. The minimum absolute atomic E-state index is 0.429. The minimum atomic E-state index is 0.429. The fraction of sp³-hybridized carbons (Fsp3) is 0.364. The Morgan fingerprint density at radius 3 is 2.44 bits per heavy atom. The van der Waals surface area contributed by atoms with Gasteiger partial charge in [-0.15, -0.1) is 0 Å². The summed E-state index contributed by atoms with van der Waals surface area (Å²) in [5, 5.41) is 3.60. The molecule has 1 saturated heterocycles. The van der Waals surface area contributed by atoms with Crippen LogP contribution in [0.15, 0.2) is 60.7 Å². The van der Waals surface area contributed by atoms with Crippen LogP contribution in [0.2, 0.25) is 0 Å². The van der Waals surface area contributed by atoms with Gasteiger partial charge in [-0.3, -0.25) is 4.90 Å². The maximum Gasteiger partial charge on any atom is 0.118 e. The van der Waals surface area contributed by atoms with E-state index in [4.69, 9.17) is 4.74 Å². The summed E-state index contributed by atoms with van der Waals surface area (Å²) in [4.78, 5) is 2.59. The first kappa shape index (κ1) is 17.7. The molecule has 1 unspecified atom stereocenters. The molecular formula is C22H28N2O. The van der Waals surface area contributed by atoms with Crippen LogP contribution in [0.25, 0.3) is 6.08 Å². The van der Waals surface area contributed by atoms with Gasteiger partial charge >= 0.3 is 0 Å². The largest absolute Gasteiger partial charge is 0.497 e. The van der Waals surface area contributed by atoms with E-state index >= 15 is 0 Å². The highest BCUT2D eigenvalue weighted by Crippen LogP contribution is 2.26. The molecule has 3 heteroatoms. The van der Waals surface area contributed by atoms with Crippen molar-refractivity contribution < 1.29 is 4.74 Å². The van der Waals surface area contributed by atoms with E-state index in [2.05, 4.69) is 70.9 Å². The lowest BCUT2D eigenvalue weighted by Gasteiger charge is -2.28. The van der Waals surface area contributed by atoms with Gasteiger partial charge in [-0.25, -0.2) is 0 Å². The van der Waals surface area contributed by atoms with E-state index in [1.165, 1.54) is 37.1 Å². The Balaban J connectivity index is 1.57. The van der Waals surface area contributed by atoms with Crippen LogP contribution in [-0.2, 0) is 0 Å². The molecule has 3 rings (SSSR count). The third-order valence-electron chi connectivity index (χ3n) is 4.79. The Hall–Kier alpha value is -2.10. The van der Waals surface area contributed by atoms with E-state index in [0.717, 1.165) is 18.8 Å². The third-order valence-corrected chi connectivity index (χ3v) is 4.79. The fourth-order valence-corrected chi connectivity index (χ4v) is 3.40. The molecule has 0 aliphatic carbocycles. The van der Waals surface area contributed by atoms with Crippen LogP contribution in [0.5, 0.6) is 5.75 Å². The summed E-state index contributed by atoms with van der Waals surface area (Å²) in [6.07, 6.45) is 6.98. The molecule has 2 aromatic rings. The fourth-order valence-electron chi connectivity index (χ4n) is 3.40. The first-order valence-corrected chi connectivity index (χ1v) is 9.17. The van der Waals surface area contributed by atoms with Crippen LogP contribution in [0.1, 0.15) is 30.0 Å². The number of nitrogens with one attached hydrogen (secondary N) is 1. The molecule has 1 fully saturated rings. The summed E-state index contributed by atoms with van der Waals surface area (Å²) in [5.41, 5.74) is 2.61. The summed E-state index contributed by atoms with van der Waals surface area (Å²) in [6.45, 7) is 4.23. The lowest BCUT2D eigenvalue weighted by molar-refractivity contribution is 0.240. The zero-order valence-electron chi connectivity index (χ0n) is 15.0. The maximum atomic E-state index is 5.29. The molecule has 1 aliphatic rings. The highest BCUT2D eigenvalue weighted by Gasteiger charge is 2.22. The van der Waals surface area contributed by atoms with Crippen molar-refractivity contribution in [3.8, 4) is 5.75 Å². The minimum Gasteiger partial charge on any atom is -0.497 e. The summed E-state index contributed by atoms with van der Waals surface area (Å²) < 4.78 is 5.29. The molecule has 132 valence electrons. The van der Waals surface area contributed by atoms with Crippen molar-refractivity contribution in [2.24, 2.45) is 0 Å². The summed E-state index contributed by atoms with van der Waals surface area (Å²) >= 11 is 0. The Labute approximate surface area is 151 Å². The average Bonchev–Trinajstić information content (AvgIpc) is 3.20. The first-order chi connectivity index (χ1) is 12.4. The van der Waals surface area contributed by atoms with Crippen LogP contribution in [-0.4, -0.2) is 38.2 Å². The van der Waals surface area contributed by atoms with Gasteiger partial charge in [0.05, 0.1) is 7.11 Å². The SMILES string of the molecule is COc1ccc(C(CNC/C=C/c2ccccc2)N2CCCC2)cc1. The van der Waals surface area contributed by atoms with Crippen LogP contribution >= 0.6 is 0 Å². The summed E-state index contributed by atoms with van der Waals surface area (Å²) in [6, 6.07) is 19.4. The van der Waals surface area contributed by atoms with E-state index < -0.39 is 0 Å². The zero-order valence-corrected chi connectivity index (χ0v) is 15.0. The maximum absolute atomic E-state index is 5.29. The van der Waals surface area contributed by atoms with Gasteiger partial charge in [0.25, 0.3) is 0 Å². The molecule has 1 heterocycles. The van der Waals surface area contributed by atoms with E-state index in [9.17, 15) is 0 Å². The normalized spacial score (nSPS) is 16.4. The lowest BCUT2D eigenvalue weighted by atomic mass is 10.1. The monoisotopic (exact) mass is 336 g/mol. The molecule has 25 heavy (non-hydrogen) atoms. The van der Waals surface area contributed by atoms with Gasteiger partial charge in [0.2, 0.25) is 0 Å². The highest BCUT2D eigenvalue weighted by molar-refractivity contribution is 5.48. The predicted molar refractivity (Wildman–Crippen MR) is 105 cm³/mol. The quantitative estimate of drug-likeness (QED) is 0.734. The van der Waals surface area contributed by atoms with Gasteiger partial charge < -0.3 is 10.1 Å². The lowest BCUT2D eigenvalue weighted by Crippen LogP contribution is -2.34. The van der Waals surface area contributed by atoms with E-state index in [0.29, 0.717) is 6.04 Å². The Kier molecular flexibility index (Phi) is 6.66. The van der Waals surface area contributed by atoms with Gasteiger partial charge in [-0.2, -0.15) is 0 Å². The second kappa shape index (κ2) is 9.40. The molecular weight excluding hydrogens is 308 g/mol. The molecule has 0 bridgehead atoms. The zero-order chi connectivity index (χ0) is 17.3. The molecule has 0 aromatic heterocycles. The van der Waals surface area contributed by atoms with Crippen molar-refractivity contribution in [1.82, 2.24) is 10.2 Å². The number of hydrogen-bond donors (Lipinski definition) is 1. The van der Waals surface area contributed by atoms with E-state index in [1.807, 2.05) is 6.07 Å². The number of likely N-dealkylation sites (tertiary alicyclic amines) is 1. The number of methoxy groups -OCH3 is 1. The van der Waals surface area contributed by atoms with Crippen molar-refractivity contribution in [3.63, 3.8) is 0 Å². The van der Waals surface area contributed by atoms with Gasteiger partial charge in [0.15, 0.2) is 0 Å². The number of ether oxygens (including phenoxy) is 1. The van der Waals surface area contributed by atoms with Crippen molar-refractivity contribution in [1.29, 1.82) is 0 Å². The topological polar surface area (TPSA) is 24.5 Å². The van der Waals surface area contributed by atoms with Crippen molar-refractivity contribution >= 4 is 6.08 Å². The molecule has 1 N–H and O–H groups in total. The summed E-state index contributed by atoms with van der Waals surface area (Å²) in [5.74, 6) is 0.919. The Morgan fingerprint density at radius 2 is 1.76 bits per heavy atom. The van der Waals surface area contributed by atoms with Gasteiger partial charge in [-0.05, 0) is 49.2 Å². The number of rotatable bonds is 8. The Morgan fingerprint density at radius 1 is 1.04 bits per heavy atom. The molecule has 0 saturated carbocycles. The molecule has 0 amide bonds. The van der Waals surface area contributed by atoms with Crippen LogP contribution in [0.4, 0.5) is 0 Å². The molecule has 2 aromatic carbocycles. The highest BCUT2D eigenvalue weighted by atomic mass is 16.5. The number of nitrogens with zero attached hydrogens (tertiary/aromatic N) is 1. The van der Waals surface area contributed by atoms with Gasteiger partial charge in [0.1, 0.15) is 5.75 Å². The standard InChI is InChI=1S/C22H28N2O/c1-25-21-13-11-20(12-14-21)22(24-16-5-6-17-24)18-23-15-7-10-19-8-3-2-4-9-19/h2-4,7-14,22-23H,5-6,15-18H2,1H3/b10-7+. The number of hydrogen-bond acceptors (Lipinski definition) is 3. The second-order valence-corrected chi connectivity index (χ2v) is 6.50. The third kappa shape index (κ3) is 5.18. The van der Waals surface area contributed by atoms with Crippen LogP contribution < -0.4 is 10.1 Å². The van der Waals surface area contributed by atoms with Crippen molar-refractivity contribution in [3.05, 3.63) is 71.8 Å². The van der Waals surface area contributed by atoms with Gasteiger partial charge in [-0.1, -0.05) is 54.6 Å². The van der Waals surface area contributed by atoms with E-state index in [1.54, 1.807) is 7.11 Å². The number of benzene rings is 2.